The lowest BCUT2D eigenvalue weighted by Crippen LogP contribution is -2.39. The molecule has 3 aromatic carbocycles. The van der Waals surface area contributed by atoms with Gasteiger partial charge in [0.1, 0.15) is 19.3 Å². The fourth-order valence-electron chi connectivity index (χ4n) is 3.86. The average Bonchev–Trinajstić information content (AvgIpc) is 3.28. The van der Waals surface area contributed by atoms with Gasteiger partial charge in [0, 0.05) is 17.5 Å². The number of carboxylic acids is 1. The highest BCUT2D eigenvalue weighted by Gasteiger charge is 2.17. The minimum absolute atomic E-state index is 0.260. The molecule has 35 heavy (non-hydrogen) atoms. The van der Waals surface area contributed by atoms with Crippen LogP contribution in [0, 0.1) is 0 Å². The zero-order valence-electron chi connectivity index (χ0n) is 18.5. The number of halogens is 1. The third-order valence-corrected chi connectivity index (χ3v) is 6.88. The van der Waals surface area contributed by atoms with Crippen LogP contribution in [-0.2, 0) is 11.3 Å². The largest absolute Gasteiger partial charge is 0.486 e. The van der Waals surface area contributed by atoms with Crippen LogP contribution in [0.2, 0.25) is 5.02 Å². The number of carbonyl (C=O) groups is 1. The van der Waals surface area contributed by atoms with E-state index >= 15 is 0 Å². The number of rotatable bonds is 8. The first-order valence-corrected chi connectivity index (χ1v) is 12.1. The van der Waals surface area contributed by atoms with Crippen molar-refractivity contribution < 1.29 is 24.5 Å². The molecule has 1 unspecified atom stereocenters. The fraction of sp³-hybridized carbons (Fsp3) is 0.200. The lowest BCUT2D eigenvalue weighted by Gasteiger charge is -2.19. The Kier molecular flexibility index (Phi) is 6.74. The average molecular weight is 512 g/mol. The summed E-state index contributed by atoms with van der Waals surface area (Å²) in [6.45, 7) is 0.855. The number of fused-ring (bicyclic) bond motifs is 2. The Bertz CT molecular complexity index is 1390. The first-order chi connectivity index (χ1) is 17.0. The minimum Gasteiger partial charge on any atom is -0.486 e. The Hall–Kier alpha value is -3.37. The molecule has 4 aromatic rings. The summed E-state index contributed by atoms with van der Waals surface area (Å²) >= 11 is 7.90. The molecule has 1 aliphatic rings. The number of anilines is 2. The van der Waals surface area contributed by atoms with E-state index in [4.69, 9.17) is 31.3 Å². The summed E-state index contributed by atoms with van der Waals surface area (Å²) in [5.74, 6) is 1.08. The Morgan fingerprint density at radius 2 is 1.94 bits per heavy atom. The number of hydrogen-bond donors (Lipinski definition) is 4. The van der Waals surface area contributed by atoms with Crippen molar-refractivity contribution in [2.75, 3.05) is 25.1 Å². The smallest absolute Gasteiger partial charge is 0.323 e. The van der Waals surface area contributed by atoms with Crippen LogP contribution in [0.25, 0.3) is 21.2 Å². The van der Waals surface area contributed by atoms with Gasteiger partial charge in [-0.25, -0.2) is 0 Å². The molecule has 4 N–H and O–H groups in total. The van der Waals surface area contributed by atoms with Crippen LogP contribution >= 0.6 is 23.1 Å². The van der Waals surface area contributed by atoms with Crippen LogP contribution in [-0.4, -0.2) is 46.4 Å². The number of ether oxygens (including phenoxy) is 2. The van der Waals surface area contributed by atoms with Crippen molar-refractivity contribution in [1.29, 1.82) is 0 Å². The van der Waals surface area contributed by atoms with Gasteiger partial charge in [0.2, 0.25) is 0 Å². The minimum atomic E-state index is -1.11. The zero-order chi connectivity index (χ0) is 24.4. The molecular formula is C25H22ClN3O5S. The molecule has 1 aromatic heterocycles. The van der Waals surface area contributed by atoms with E-state index in [1.165, 1.54) is 11.5 Å². The molecule has 0 bridgehead atoms. The van der Waals surface area contributed by atoms with Crippen LogP contribution in [0.3, 0.4) is 0 Å². The second-order valence-electron chi connectivity index (χ2n) is 7.97. The number of aliphatic hydroxyl groups excluding tert-OH is 1. The summed E-state index contributed by atoms with van der Waals surface area (Å²) in [6, 6.07) is 16.4. The zero-order valence-corrected chi connectivity index (χ0v) is 20.0. The lowest BCUT2D eigenvalue weighted by atomic mass is 10.0. The molecule has 0 saturated heterocycles. The normalized spacial score (nSPS) is 13.5. The monoisotopic (exact) mass is 511 g/mol. The van der Waals surface area contributed by atoms with Gasteiger partial charge in [-0.3, -0.25) is 10.1 Å². The summed E-state index contributed by atoms with van der Waals surface area (Å²) in [6.07, 6.45) is 0. The Morgan fingerprint density at radius 1 is 1.11 bits per heavy atom. The van der Waals surface area contributed by atoms with E-state index in [2.05, 4.69) is 21.1 Å². The highest BCUT2D eigenvalue weighted by molar-refractivity contribution is 7.14. The molecule has 0 radical (unpaired) electrons. The van der Waals surface area contributed by atoms with E-state index in [1.807, 2.05) is 42.5 Å². The second-order valence-corrected chi connectivity index (χ2v) is 9.15. The molecule has 2 heterocycles. The first kappa shape index (κ1) is 23.4. The fourth-order valence-corrected chi connectivity index (χ4v) is 4.98. The van der Waals surface area contributed by atoms with Crippen molar-refractivity contribution in [2.45, 2.75) is 12.6 Å². The standard InChI is InChI=1S/C25H22ClN3O5S/c26-18-10-14(12-27-20(13-30)25(31)32)4-6-19(18)28-24-17-3-1-2-16(23(17)35-29-24)15-5-7-21-22(11-15)34-9-8-33-21/h1-7,10-11,20,27,30H,8-9,12-13H2,(H,28,29)(H,31,32). The van der Waals surface area contributed by atoms with Gasteiger partial charge in [-0.2, -0.15) is 4.37 Å². The number of nitrogens with zero attached hydrogens (tertiary/aromatic N) is 1. The van der Waals surface area contributed by atoms with E-state index < -0.39 is 18.6 Å². The van der Waals surface area contributed by atoms with Gasteiger partial charge < -0.3 is 25.0 Å². The number of carboxylic acid groups (broad SMARTS) is 1. The van der Waals surface area contributed by atoms with Gasteiger partial charge >= 0.3 is 5.97 Å². The maximum absolute atomic E-state index is 11.1. The number of nitrogens with one attached hydrogen (secondary N) is 2. The topological polar surface area (TPSA) is 113 Å². The van der Waals surface area contributed by atoms with Gasteiger partial charge in [0.25, 0.3) is 0 Å². The predicted octanol–water partition coefficient (Wildman–Crippen LogP) is 4.67. The van der Waals surface area contributed by atoms with Crippen LogP contribution < -0.4 is 20.1 Å². The number of aromatic nitrogens is 1. The van der Waals surface area contributed by atoms with Gasteiger partial charge in [0.05, 0.1) is 22.0 Å². The van der Waals surface area contributed by atoms with E-state index in [-0.39, 0.29) is 6.54 Å². The molecule has 5 rings (SSSR count). The van der Waals surface area contributed by atoms with Gasteiger partial charge in [-0.05, 0) is 53.0 Å². The van der Waals surface area contributed by atoms with E-state index in [0.29, 0.717) is 29.7 Å². The third kappa shape index (κ3) is 4.89. The van der Waals surface area contributed by atoms with Gasteiger partial charge in [-0.15, -0.1) is 0 Å². The SMILES string of the molecule is O=C(O)C(CO)NCc1ccc(Nc2nsc3c(-c4ccc5c(c4)OCCO5)cccc23)c(Cl)c1. The molecule has 0 saturated carbocycles. The summed E-state index contributed by atoms with van der Waals surface area (Å²) in [4.78, 5) is 11.1. The molecule has 0 spiro atoms. The van der Waals surface area contributed by atoms with E-state index in [0.717, 1.165) is 38.3 Å². The summed E-state index contributed by atoms with van der Waals surface area (Å²) < 4.78 is 17.0. The molecule has 1 atom stereocenters. The molecule has 8 nitrogen and oxygen atoms in total. The lowest BCUT2D eigenvalue weighted by molar-refractivity contribution is -0.140. The van der Waals surface area contributed by atoms with Crippen LogP contribution in [0.15, 0.2) is 54.6 Å². The van der Waals surface area contributed by atoms with E-state index in [1.54, 1.807) is 6.07 Å². The van der Waals surface area contributed by atoms with Gasteiger partial charge in [-0.1, -0.05) is 35.9 Å². The molecule has 1 aliphatic heterocycles. The number of aliphatic hydroxyl groups is 1. The third-order valence-electron chi connectivity index (χ3n) is 5.67. The maximum atomic E-state index is 11.1. The summed E-state index contributed by atoms with van der Waals surface area (Å²) in [5, 5.41) is 25.7. The second kappa shape index (κ2) is 10.1. The Labute approximate surface area is 210 Å². The van der Waals surface area contributed by atoms with Crippen molar-refractivity contribution in [3.8, 4) is 22.6 Å². The molecule has 0 fully saturated rings. The maximum Gasteiger partial charge on any atom is 0.323 e. The van der Waals surface area contributed by atoms with Crippen LogP contribution in [0.5, 0.6) is 11.5 Å². The van der Waals surface area contributed by atoms with Crippen LogP contribution in [0.4, 0.5) is 11.5 Å². The Balaban J connectivity index is 1.37. The van der Waals surface area contributed by atoms with Gasteiger partial charge in [0.15, 0.2) is 17.3 Å². The van der Waals surface area contributed by atoms with Crippen LogP contribution in [0.1, 0.15) is 5.56 Å². The van der Waals surface area contributed by atoms with Crippen molar-refractivity contribution >= 4 is 50.7 Å². The Morgan fingerprint density at radius 3 is 2.71 bits per heavy atom. The van der Waals surface area contributed by atoms with E-state index in [9.17, 15) is 4.79 Å². The molecule has 0 aliphatic carbocycles. The molecule has 180 valence electrons. The molecular weight excluding hydrogens is 490 g/mol. The van der Waals surface area contributed by atoms with Crippen molar-refractivity contribution in [2.24, 2.45) is 0 Å². The summed E-state index contributed by atoms with van der Waals surface area (Å²) in [5.41, 5.74) is 3.55. The number of aliphatic carboxylic acids is 1. The summed E-state index contributed by atoms with van der Waals surface area (Å²) in [7, 11) is 0. The van der Waals surface area contributed by atoms with Crippen molar-refractivity contribution in [3.05, 3.63) is 65.2 Å². The number of hydrogen-bond acceptors (Lipinski definition) is 8. The quantitative estimate of drug-likeness (QED) is 0.270. The number of benzene rings is 3. The highest BCUT2D eigenvalue weighted by Crippen LogP contribution is 2.40. The van der Waals surface area contributed by atoms with Crippen molar-refractivity contribution in [1.82, 2.24) is 9.69 Å². The first-order valence-electron chi connectivity index (χ1n) is 10.9. The molecule has 10 heteroatoms. The highest BCUT2D eigenvalue weighted by atomic mass is 35.5. The van der Waals surface area contributed by atoms with Crippen molar-refractivity contribution in [3.63, 3.8) is 0 Å². The predicted molar refractivity (Wildman–Crippen MR) is 136 cm³/mol. The molecule has 0 amide bonds.